The molecule has 2 heterocycles. The van der Waals surface area contributed by atoms with E-state index in [1.54, 1.807) is 12.1 Å². The molecular weight excluding hydrogens is 356 g/mol. The van der Waals surface area contributed by atoms with Gasteiger partial charge in [-0.3, -0.25) is 9.59 Å². The number of carbonyl (C=O) groups is 2. The number of nitrogens with zero attached hydrogens (tertiary/aromatic N) is 1. The van der Waals surface area contributed by atoms with Gasteiger partial charge in [0.05, 0.1) is 18.9 Å². The van der Waals surface area contributed by atoms with Crippen molar-refractivity contribution in [1.29, 1.82) is 0 Å². The number of aromatic nitrogens is 1. The lowest BCUT2D eigenvalue weighted by atomic mass is 9.86. The number of amides is 1. The normalized spacial score (nSPS) is 21.6. The van der Waals surface area contributed by atoms with Gasteiger partial charge in [0.1, 0.15) is 11.9 Å². The Morgan fingerprint density at radius 2 is 2.07 bits per heavy atom. The fourth-order valence-electron chi connectivity index (χ4n) is 4.32. The fourth-order valence-corrected chi connectivity index (χ4v) is 4.32. The molecule has 2 unspecified atom stereocenters. The summed E-state index contributed by atoms with van der Waals surface area (Å²) in [7, 11) is 0. The van der Waals surface area contributed by atoms with Gasteiger partial charge >= 0.3 is 0 Å². The smallest absolute Gasteiger partial charge is 0.248 e. The molecule has 2 atom stereocenters. The predicted octanol–water partition coefficient (Wildman–Crippen LogP) is 3.13. The topological polar surface area (TPSA) is 83.6 Å². The van der Waals surface area contributed by atoms with Gasteiger partial charge in [0.15, 0.2) is 5.78 Å². The van der Waals surface area contributed by atoms with Crippen molar-refractivity contribution in [3.63, 3.8) is 0 Å². The van der Waals surface area contributed by atoms with Crippen molar-refractivity contribution in [2.24, 2.45) is 11.7 Å². The van der Waals surface area contributed by atoms with Crippen molar-refractivity contribution in [2.45, 2.75) is 46.1 Å². The summed E-state index contributed by atoms with van der Waals surface area (Å²) >= 11 is 0. The lowest BCUT2D eigenvalue weighted by Gasteiger charge is -2.23. The van der Waals surface area contributed by atoms with Crippen LogP contribution in [0, 0.1) is 19.8 Å². The number of carbonyl (C=O) groups excluding carboxylic acids is 2. The van der Waals surface area contributed by atoms with E-state index in [2.05, 4.69) is 11.5 Å². The molecule has 0 spiro atoms. The van der Waals surface area contributed by atoms with Crippen LogP contribution in [-0.2, 0) is 11.2 Å². The van der Waals surface area contributed by atoms with Gasteiger partial charge in [0.2, 0.25) is 5.91 Å². The fraction of sp³-hybridized carbons (Fsp3) is 0.455. The number of nitrogens with two attached hydrogens (primary N) is 1. The van der Waals surface area contributed by atoms with Gasteiger partial charge in [-0.25, -0.2) is 0 Å². The van der Waals surface area contributed by atoms with E-state index in [0.717, 1.165) is 41.0 Å². The molecule has 1 aliphatic heterocycles. The largest absolute Gasteiger partial charge is 0.486 e. The van der Waals surface area contributed by atoms with E-state index in [1.807, 2.05) is 19.9 Å². The van der Waals surface area contributed by atoms with Crippen LogP contribution >= 0.6 is 0 Å². The maximum Gasteiger partial charge on any atom is 0.248 e. The zero-order valence-corrected chi connectivity index (χ0v) is 16.6. The van der Waals surface area contributed by atoms with E-state index in [9.17, 15) is 9.59 Å². The maximum absolute atomic E-state index is 12.7. The van der Waals surface area contributed by atoms with E-state index >= 15 is 0 Å². The minimum atomic E-state index is -0.495. The van der Waals surface area contributed by atoms with E-state index in [-0.39, 0.29) is 11.9 Å². The number of ether oxygens (including phenoxy) is 2. The molecule has 1 amide bonds. The van der Waals surface area contributed by atoms with Gasteiger partial charge in [-0.1, -0.05) is 6.92 Å². The summed E-state index contributed by atoms with van der Waals surface area (Å²) in [6.07, 6.45) is 2.16. The van der Waals surface area contributed by atoms with Gasteiger partial charge in [0.25, 0.3) is 0 Å². The SMILES string of the molecule is Cc1c2c(n(-c3ccc(C(N)=O)cc3OC3CCOC3)c1C)CC(C)CC2=O. The molecule has 1 aliphatic carbocycles. The zero-order chi connectivity index (χ0) is 20.0. The Bertz CT molecular complexity index is 954. The average molecular weight is 382 g/mol. The molecule has 1 aromatic heterocycles. The molecular formula is C22H26N2O4. The third kappa shape index (κ3) is 3.11. The number of fused-ring (bicyclic) bond motifs is 1. The Balaban J connectivity index is 1.88. The van der Waals surface area contributed by atoms with E-state index in [4.69, 9.17) is 15.2 Å². The van der Waals surface area contributed by atoms with Crippen molar-refractivity contribution in [3.8, 4) is 11.4 Å². The molecule has 2 N–H and O–H groups in total. The molecule has 1 aromatic carbocycles. The van der Waals surface area contributed by atoms with Crippen LogP contribution in [0.3, 0.4) is 0 Å². The second-order valence-corrected chi connectivity index (χ2v) is 7.95. The molecule has 2 aromatic rings. The summed E-state index contributed by atoms with van der Waals surface area (Å²) in [6.45, 7) is 7.32. The first-order valence-corrected chi connectivity index (χ1v) is 9.79. The van der Waals surface area contributed by atoms with Gasteiger partial charge < -0.3 is 19.8 Å². The molecule has 2 aliphatic rings. The summed E-state index contributed by atoms with van der Waals surface area (Å²) in [5.74, 6) is 0.599. The number of benzene rings is 1. The van der Waals surface area contributed by atoms with Crippen LogP contribution < -0.4 is 10.5 Å². The highest BCUT2D eigenvalue weighted by molar-refractivity contribution is 6.00. The molecule has 6 nitrogen and oxygen atoms in total. The number of Topliss-reactive ketones (excluding diaryl/α,β-unsaturated/α-hetero) is 1. The van der Waals surface area contributed by atoms with E-state index < -0.39 is 5.91 Å². The van der Waals surface area contributed by atoms with Crippen molar-refractivity contribution < 1.29 is 19.1 Å². The molecule has 1 fully saturated rings. The lowest BCUT2D eigenvalue weighted by Crippen LogP contribution is -2.21. The van der Waals surface area contributed by atoms with Gasteiger partial charge in [0, 0.05) is 35.4 Å². The predicted molar refractivity (Wildman–Crippen MR) is 105 cm³/mol. The minimum absolute atomic E-state index is 0.0600. The van der Waals surface area contributed by atoms with Gasteiger partial charge in [-0.15, -0.1) is 0 Å². The third-order valence-corrected chi connectivity index (χ3v) is 5.83. The van der Waals surface area contributed by atoms with Crippen molar-refractivity contribution in [1.82, 2.24) is 4.57 Å². The summed E-state index contributed by atoms with van der Waals surface area (Å²) in [6, 6.07) is 5.28. The van der Waals surface area contributed by atoms with Crippen LogP contribution in [0.5, 0.6) is 5.75 Å². The first-order valence-electron chi connectivity index (χ1n) is 9.79. The van der Waals surface area contributed by atoms with Gasteiger partial charge in [-0.05, 0) is 49.9 Å². The Hall–Kier alpha value is -2.60. The summed E-state index contributed by atoms with van der Waals surface area (Å²) < 4.78 is 13.8. The molecule has 0 radical (unpaired) electrons. The Morgan fingerprint density at radius 3 is 2.75 bits per heavy atom. The van der Waals surface area contributed by atoms with E-state index in [0.29, 0.717) is 36.9 Å². The molecule has 0 bridgehead atoms. The molecule has 148 valence electrons. The average Bonchev–Trinajstić information content (AvgIpc) is 3.22. The number of hydrogen-bond donors (Lipinski definition) is 1. The highest BCUT2D eigenvalue weighted by atomic mass is 16.5. The standard InChI is InChI=1S/C22H26N2O4/c1-12-8-18-21(19(25)9-12)13(2)14(3)24(18)17-5-4-15(22(23)26)10-20(17)28-16-6-7-27-11-16/h4-5,10,12,16H,6-9,11H2,1-3H3,(H2,23,26). The first-order chi connectivity index (χ1) is 13.4. The van der Waals surface area contributed by atoms with Crippen molar-refractivity contribution in [3.05, 3.63) is 46.3 Å². The van der Waals surface area contributed by atoms with Gasteiger partial charge in [-0.2, -0.15) is 0 Å². The molecule has 0 saturated carbocycles. The molecule has 28 heavy (non-hydrogen) atoms. The van der Waals surface area contributed by atoms with Crippen LogP contribution in [0.4, 0.5) is 0 Å². The van der Waals surface area contributed by atoms with Crippen LogP contribution in [0.15, 0.2) is 18.2 Å². The second kappa shape index (κ2) is 7.09. The molecule has 4 rings (SSSR count). The summed E-state index contributed by atoms with van der Waals surface area (Å²) in [5, 5.41) is 0. The van der Waals surface area contributed by atoms with Crippen LogP contribution in [0.1, 0.15) is 57.4 Å². The molecule has 1 saturated heterocycles. The zero-order valence-electron chi connectivity index (χ0n) is 16.6. The number of ketones is 1. The highest BCUT2D eigenvalue weighted by Gasteiger charge is 2.31. The summed E-state index contributed by atoms with van der Waals surface area (Å²) in [5.41, 5.74) is 10.6. The Labute approximate surface area is 164 Å². The third-order valence-electron chi connectivity index (χ3n) is 5.83. The van der Waals surface area contributed by atoms with Crippen LogP contribution in [-0.4, -0.2) is 35.6 Å². The van der Waals surface area contributed by atoms with Crippen molar-refractivity contribution >= 4 is 11.7 Å². The lowest BCUT2D eigenvalue weighted by molar-refractivity contribution is 0.0950. The first kappa shape index (κ1) is 18.7. The Kier molecular flexibility index (Phi) is 4.75. The summed E-state index contributed by atoms with van der Waals surface area (Å²) in [4.78, 5) is 24.4. The maximum atomic E-state index is 12.7. The second-order valence-electron chi connectivity index (χ2n) is 7.95. The van der Waals surface area contributed by atoms with Crippen LogP contribution in [0.2, 0.25) is 0 Å². The van der Waals surface area contributed by atoms with Crippen molar-refractivity contribution in [2.75, 3.05) is 13.2 Å². The monoisotopic (exact) mass is 382 g/mol. The number of hydrogen-bond acceptors (Lipinski definition) is 4. The molecule has 6 heteroatoms. The Morgan fingerprint density at radius 1 is 1.29 bits per heavy atom. The minimum Gasteiger partial charge on any atom is -0.486 e. The number of rotatable bonds is 4. The van der Waals surface area contributed by atoms with E-state index in [1.165, 1.54) is 0 Å². The number of primary amides is 1. The van der Waals surface area contributed by atoms with Crippen LogP contribution in [0.25, 0.3) is 5.69 Å². The highest BCUT2D eigenvalue weighted by Crippen LogP contribution is 2.37. The quantitative estimate of drug-likeness (QED) is 0.881.